The highest BCUT2D eigenvalue weighted by atomic mass is 127. The first kappa shape index (κ1) is 22.1. The number of aliphatic hydroxyl groups is 1. The molecule has 1 unspecified atom stereocenters. The van der Waals surface area contributed by atoms with Crippen LogP contribution in [0.5, 0.6) is 5.75 Å². The van der Waals surface area contributed by atoms with Gasteiger partial charge >= 0.3 is 0 Å². The second-order valence-corrected chi connectivity index (χ2v) is 8.68. The number of hydrogen-bond donors (Lipinski definition) is 1. The van der Waals surface area contributed by atoms with Gasteiger partial charge in [0, 0.05) is 9.13 Å². The third kappa shape index (κ3) is 4.43. The third-order valence-corrected chi connectivity index (χ3v) is 5.93. The summed E-state index contributed by atoms with van der Waals surface area (Å²) in [6.07, 6.45) is 2.37. The van der Waals surface area contributed by atoms with Gasteiger partial charge in [-0.15, -0.1) is 0 Å². The molecule has 1 fully saturated rings. The summed E-state index contributed by atoms with van der Waals surface area (Å²) in [6, 6.07) is 17.2. The van der Waals surface area contributed by atoms with Gasteiger partial charge in [0.15, 0.2) is 0 Å². The van der Waals surface area contributed by atoms with Crippen molar-refractivity contribution >= 4 is 40.0 Å². The van der Waals surface area contributed by atoms with Crippen molar-refractivity contribution in [2.75, 3.05) is 6.61 Å². The molecule has 0 saturated carbocycles. The summed E-state index contributed by atoms with van der Waals surface area (Å²) in [4.78, 5) is 27.5. The van der Waals surface area contributed by atoms with Crippen molar-refractivity contribution in [3.05, 3.63) is 93.0 Å². The van der Waals surface area contributed by atoms with Crippen molar-refractivity contribution in [2.24, 2.45) is 0 Å². The number of furan rings is 1. The lowest BCUT2D eigenvalue weighted by Gasteiger charge is -2.24. The molecule has 1 aromatic heterocycles. The lowest BCUT2D eigenvalue weighted by atomic mass is 9.95. The molecule has 1 amide bonds. The smallest absolute Gasteiger partial charge is 0.296 e. The standard InChI is InChI=1S/C25H22INO5/c1-2-12-31-19-6-3-5-17(14-19)23(28)21-22(16-8-10-18(26)11-9-16)27(25(30)24(21)29)15-20-7-4-13-32-20/h3-11,13-14,22,28H,2,12,15H2,1H3/b23-21+. The summed E-state index contributed by atoms with van der Waals surface area (Å²) in [5, 5.41) is 11.2. The van der Waals surface area contributed by atoms with Crippen LogP contribution in [0, 0.1) is 3.57 Å². The monoisotopic (exact) mass is 543 g/mol. The van der Waals surface area contributed by atoms with Crippen LogP contribution in [0.3, 0.4) is 0 Å². The minimum absolute atomic E-state index is 0.0513. The maximum atomic E-state index is 13.1. The van der Waals surface area contributed by atoms with Crippen LogP contribution in [-0.2, 0) is 16.1 Å². The zero-order chi connectivity index (χ0) is 22.7. The molecule has 0 radical (unpaired) electrons. The molecular formula is C25H22INO5. The maximum absolute atomic E-state index is 13.1. The van der Waals surface area contributed by atoms with Gasteiger partial charge in [0.2, 0.25) is 0 Å². The molecule has 164 valence electrons. The van der Waals surface area contributed by atoms with Crippen molar-refractivity contribution in [3.8, 4) is 5.75 Å². The molecule has 4 rings (SSSR count). The van der Waals surface area contributed by atoms with Crippen molar-refractivity contribution in [2.45, 2.75) is 25.9 Å². The molecule has 0 spiro atoms. The number of rotatable bonds is 7. The van der Waals surface area contributed by atoms with Gasteiger partial charge in [-0.05, 0) is 71.0 Å². The summed E-state index contributed by atoms with van der Waals surface area (Å²) in [5.74, 6) is -0.484. The predicted molar refractivity (Wildman–Crippen MR) is 128 cm³/mol. The molecule has 1 atom stereocenters. The molecule has 7 heteroatoms. The van der Waals surface area contributed by atoms with Crippen LogP contribution in [0.25, 0.3) is 5.76 Å². The quantitative estimate of drug-likeness (QED) is 0.190. The van der Waals surface area contributed by atoms with Gasteiger partial charge < -0.3 is 19.2 Å². The predicted octanol–water partition coefficient (Wildman–Crippen LogP) is 5.29. The number of amides is 1. The fourth-order valence-corrected chi connectivity index (χ4v) is 4.07. The van der Waals surface area contributed by atoms with E-state index in [2.05, 4.69) is 22.6 Å². The Morgan fingerprint density at radius 3 is 2.59 bits per heavy atom. The first-order valence-corrected chi connectivity index (χ1v) is 11.4. The van der Waals surface area contributed by atoms with Crippen molar-refractivity contribution in [1.82, 2.24) is 4.90 Å². The Kier molecular flexibility index (Phi) is 6.64. The van der Waals surface area contributed by atoms with Crippen LogP contribution >= 0.6 is 22.6 Å². The van der Waals surface area contributed by atoms with E-state index in [1.54, 1.807) is 36.4 Å². The number of hydrogen-bond acceptors (Lipinski definition) is 5. The number of benzene rings is 2. The Labute approximate surface area is 199 Å². The van der Waals surface area contributed by atoms with Gasteiger partial charge in [-0.2, -0.15) is 0 Å². The molecular weight excluding hydrogens is 521 g/mol. The Balaban J connectivity index is 1.81. The molecule has 0 aliphatic carbocycles. The molecule has 2 heterocycles. The number of Topliss-reactive ketones (excluding diaryl/α,β-unsaturated/α-hetero) is 1. The van der Waals surface area contributed by atoms with Crippen LogP contribution in [0.4, 0.5) is 0 Å². The molecule has 0 bridgehead atoms. The average molecular weight is 543 g/mol. The number of aliphatic hydroxyl groups excluding tert-OH is 1. The molecule has 1 aliphatic rings. The van der Waals surface area contributed by atoms with E-state index in [9.17, 15) is 14.7 Å². The van der Waals surface area contributed by atoms with E-state index in [1.165, 1.54) is 11.2 Å². The lowest BCUT2D eigenvalue weighted by Crippen LogP contribution is -2.29. The second-order valence-electron chi connectivity index (χ2n) is 7.43. The fourth-order valence-electron chi connectivity index (χ4n) is 3.71. The third-order valence-electron chi connectivity index (χ3n) is 5.21. The maximum Gasteiger partial charge on any atom is 0.296 e. The summed E-state index contributed by atoms with van der Waals surface area (Å²) in [7, 11) is 0. The lowest BCUT2D eigenvalue weighted by molar-refractivity contribution is -0.140. The zero-order valence-electron chi connectivity index (χ0n) is 17.5. The molecule has 2 aromatic carbocycles. The SMILES string of the molecule is CCCOc1cccc(/C(O)=C2\C(=O)C(=O)N(Cc3ccco3)C2c2ccc(I)cc2)c1. The van der Waals surface area contributed by atoms with E-state index in [1.807, 2.05) is 31.2 Å². The highest BCUT2D eigenvalue weighted by Crippen LogP contribution is 2.40. The van der Waals surface area contributed by atoms with E-state index < -0.39 is 17.7 Å². The number of ether oxygens (including phenoxy) is 1. The minimum atomic E-state index is -0.739. The molecule has 1 saturated heterocycles. The van der Waals surface area contributed by atoms with Crippen LogP contribution in [0.1, 0.15) is 36.3 Å². The van der Waals surface area contributed by atoms with Gasteiger partial charge in [0.05, 0.1) is 31.0 Å². The normalized spacial score (nSPS) is 17.7. The van der Waals surface area contributed by atoms with E-state index in [-0.39, 0.29) is 17.9 Å². The summed E-state index contributed by atoms with van der Waals surface area (Å²) in [5.41, 5.74) is 1.21. The topological polar surface area (TPSA) is 80.0 Å². The number of nitrogens with zero attached hydrogens (tertiary/aromatic N) is 1. The van der Waals surface area contributed by atoms with Crippen LogP contribution in [0.2, 0.25) is 0 Å². The molecule has 1 aliphatic heterocycles. The van der Waals surface area contributed by atoms with Gasteiger partial charge in [0.25, 0.3) is 11.7 Å². The first-order valence-electron chi connectivity index (χ1n) is 10.3. The Morgan fingerprint density at radius 1 is 1.12 bits per heavy atom. The van der Waals surface area contributed by atoms with E-state index in [4.69, 9.17) is 9.15 Å². The van der Waals surface area contributed by atoms with Crippen molar-refractivity contribution in [1.29, 1.82) is 0 Å². The highest BCUT2D eigenvalue weighted by Gasteiger charge is 2.46. The highest BCUT2D eigenvalue weighted by molar-refractivity contribution is 14.1. The van der Waals surface area contributed by atoms with Crippen LogP contribution in [0.15, 0.2) is 76.9 Å². The Hall–Kier alpha value is -3.07. The van der Waals surface area contributed by atoms with Crippen molar-refractivity contribution < 1.29 is 23.8 Å². The zero-order valence-corrected chi connectivity index (χ0v) is 19.6. The summed E-state index contributed by atoms with van der Waals surface area (Å²) in [6.45, 7) is 2.66. The van der Waals surface area contributed by atoms with Crippen LogP contribution < -0.4 is 4.74 Å². The van der Waals surface area contributed by atoms with Gasteiger partial charge in [-0.1, -0.05) is 31.2 Å². The minimum Gasteiger partial charge on any atom is -0.507 e. The molecule has 1 N–H and O–H groups in total. The summed E-state index contributed by atoms with van der Waals surface area (Å²) < 4.78 is 12.1. The molecule has 32 heavy (non-hydrogen) atoms. The van der Waals surface area contributed by atoms with Crippen LogP contribution in [-0.4, -0.2) is 28.3 Å². The molecule has 6 nitrogen and oxygen atoms in total. The van der Waals surface area contributed by atoms with E-state index in [0.29, 0.717) is 23.7 Å². The van der Waals surface area contributed by atoms with E-state index in [0.717, 1.165) is 15.6 Å². The van der Waals surface area contributed by atoms with E-state index >= 15 is 0 Å². The van der Waals surface area contributed by atoms with Gasteiger partial charge in [-0.3, -0.25) is 9.59 Å². The number of ketones is 1. The van der Waals surface area contributed by atoms with Gasteiger partial charge in [0.1, 0.15) is 17.3 Å². The number of carbonyl (C=O) groups is 2. The average Bonchev–Trinajstić information content (AvgIpc) is 3.40. The second kappa shape index (κ2) is 9.60. The summed E-state index contributed by atoms with van der Waals surface area (Å²) >= 11 is 2.20. The Bertz CT molecular complexity index is 1150. The number of halogens is 1. The number of likely N-dealkylation sites (tertiary alicyclic amines) is 1. The largest absolute Gasteiger partial charge is 0.507 e. The van der Waals surface area contributed by atoms with Gasteiger partial charge in [-0.25, -0.2) is 0 Å². The fraction of sp³-hybridized carbons (Fsp3) is 0.200. The van der Waals surface area contributed by atoms with Crippen molar-refractivity contribution in [3.63, 3.8) is 0 Å². The Morgan fingerprint density at radius 2 is 1.91 bits per heavy atom. The molecule has 3 aromatic rings. The number of carbonyl (C=O) groups excluding carboxylic acids is 2. The first-order chi connectivity index (χ1) is 15.5.